The summed E-state index contributed by atoms with van der Waals surface area (Å²) >= 11 is 0. The van der Waals surface area contributed by atoms with Gasteiger partial charge in [0.2, 0.25) is 10.0 Å². The van der Waals surface area contributed by atoms with E-state index in [0.29, 0.717) is 18.0 Å². The third-order valence-corrected chi connectivity index (χ3v) is 5.10. The predicted octanol–water partition coefficient (Wildman–Crippen LogP) is 2.77. The molecule has 1 aromatic rings. The van der Waals surface area contributed by atoms with Crippen LogP contribution in [0.15, 0.2) is 41.8 Å². The number of rotatable bonds is 10. The van der Waals surface area contributed by atoms with Gasteiger partial charge in [0, 0.05) is 20.1 Å². The second-order valence-corrected chi connectivity index (χ2v) is 7.13. The molecule has 21 heavy (non-hydrogen) atoms. The van der Waals surface area contributed by atoms with E-state index < -0.39 is 10.0 Å². The van der Waals surface area contributed by atoms with Gasteiger partial charge in [0.15, 0.2) is 0 Å². The van der Waals surface area contributed by atoms with Crippen molar-refractivity contribution in [3.8, 4) is 0 Å². The lowest BCUT2D eigenvalue weighted by Crippen LogP contribution is -2.28. The first kappa shape index (κ1) is 17.9. The maximum Gasteiger partial charge on any atom is 0.242 e. The maximum absolute atomic E-state index is 12.5. The van der Waals surface area contributed by atoms with E-state index >= 15 is 0 Å². The largest absolute Gasteiger partial charge is 0.313 e. The molecule has 0 radical (unpaired) electrons. The number of unbranched alkanes of at least 4 members (excludes halogenated alkanes) is 1. The Morgan fingerprint density at radius 2 is 2.14 bits per heavy atom. The minimum atomic E-state index is -3.40. The van der Waals surface area contributed by atoms with Crippen molar-refractivity contribution in [2.24, 2.45) is 0 Å². The second-order valence-electron chi connectivity index (χ2n) is 5.08. The van der Waals surface area contributed by atoms with Crippen LogP contribution in [0.3, 0.4) is 0 Å². The molecule has 4 nitrogen and oxygen atoms in total. The normalized spacial score (nSPS) is 11.8. The first-order valence-electron chi connectivity index (χ1n) is 7.39. The van der Waals surface area contributed by atoms with Crippen molar-refractivity contribution in [2.45, 2.75) is 37.6 Å². The van der Waals surface area contributed by atoms with Gasteiger partial charge in [-0.15, -0.1) is 6.58 Å². The summed E-state index contributed by atoms with van der Waals surface area (Å²) in [6.07, 6.45) is 4.47. The van der Waals surface area contributed by atoms with Gasteiger partial charge in [0.1, 0.15) is 0 Å². The standard InChI is InChI=1S/C16H26N2O2S/c1-4-6-7-12-18(3)21(19,20)16-10-8-9-15(13-16)14-17-11-5-2/h4,8-10,13,17H,1,5-7,11-12,14H2,2-3H3. The van der Waals surface area contributed by atoms with Crippen LogP contribution in [0.25, 0.3) is 0 Å². The van der Waals surface area contributed by atoms with Crippen LogP contribution in [0.4, 0.5) is 0 Å². The van der Waals surface area contributed by atoms with Crippen molar-refractivity contribution in [3.63, 3.8) is 0 Å². The van der Waals surface area contributed by atoms with Crippen LogP contribution in [0.5, 0.6) is 0 Å². The second kappa shape index (κ2) is 8.97. The van der Waals surface area contributed by atoms with E-state index in [1.165, 1.54) is 4.31 Å². The molecule has 0 aliphatic heterocycles. The smallest absolute Gasteiger partial charge is 0.242 e. The van der Waals surface area contributed by atoms with Gasteiger partial charge < -0.3 is 5.32 Å². The molecule has 0 aromatic heterocycles. The van der Waals surface area contributed by atoms with Crippen molar-refractivity contribution in [1.82, 2.24) is 9.62 Å². The maximum atomic E-state index is 12.5. The van der Waals surface area contributed by atoms with E-state index in [2.05, 4.69) is 18.8 Å². The number of benzene rings is 1. The summed E-state index contributed by atoms with van der Waals surface area (Å²) in [6.45, 7) is 7.88. The highest BCUT2D eigenvalue weighted by atomic mass is 32.2. The molecule has 1 aromatic carbocycles. The molecule has 0 aliphatic carbocycles. The Labute approximate surface area is 128 Å². The minimum Gasteiger partial charge on any atom is -0.313 e. The highest BCUT2D eigenvalue weighted by molar-refractivity contribution is 7.89. The van der Waals surface area contributed by atoms with Gasteiger partial charge >= 0.3 is 0 Å². The molecule has 118 valence electrons. The van der Waals surface area contributed by atoms with Gasteiger partial charge in [-0.25, -0.2) is 12.7 Å². The molecule has 0 saturated heterocycles. The molecule has 0 unspecified atom stereocenters. The van der Waals surface area contributed by atoms with E-state index in [1.807, 2.05) is 6.07 Å². The van der Waals surface area contributed by atoms with Crippen LogP contribution in [0, 0.1) is 0 Å². The predicted molar refractivity (Wildman–Crippen MR) is 87.7 cm³/mol. The van der Waals surface area contributed by atoms with Crippen molar-refractivity contribution in [1.29, 1.82) is 0 Å². The summed E-state index contributed by atoms with van der Waals surface area (Å²) in [6, 6.07) is 7.15. The topological polar surface area (TPSA) is 49.4 Å². The number of hydrogen-bond acceptors (Lipinski definition) is 3. The summed E-state index contributed by atoms with van der Waals surface area (Å²) in [5.74, 6) is 0. The van der Waals surface area contributed by atoms with Gasteiger partial charge in [0.05, 0.1) is 4.90 Å². The lowest BCUT2D eigenvalue weighted by Gasteiger charge is -2.17. The zero-order chi connectivity index (χ0) is 15.7. The minimum absolute atomic E-state index is 0.361. The lowest BCUT2D eigenvalue weighted by atomic mass is 10.2. The first-order valence-corrected chi connectivity index (χ1v) is 8.83. The fourth-order valence-electron chi connectivity index (χ4n) is 1.98. The molecular weight excluding hydrogens is 284 g/mol. The molecule has 5 heteroatoms. The number of sulfonamides is 1. The molecule has 0 bridgehead atoms. The molecular formula is C16H26N2O2S. The summed E-state index contributed by atoms with van der Waals surface area (Å²) < 4.78 is 26.4. The van der Waals surface area contributed by atoms with Gasteiger partial charge in [0.25, 0.3) is 0 Å². The molecule has 0 atom stereocenters. The number of hydrogen-bond donors (Lipinski definition) is 1. The van der Waals surface area contributed by atoms with Crippen LogP contribution in [0.2, 0.25) is 0 Å². The fraction of sp³-hybridized carbons (Fsp3) is 0.500. The third-order valence-electron chi connectivity index (χ3n) is 3.24. The quantitative estimate of drug-likeness (QED) is 0.534. The van der Waals surface area contributed by atoms with Crippen molar-refractivity contribution in [2.75, 3.05) is 20.1 Å². The van der Waals surface area contributed by atoms with Gasteiger partial charge in [-0.1, -0.05) is 25.1 Å². The van der Waals surface area contributed by atoms with E-state index in [0.717, 1.165) is 31.4 Å². The van der Waals surface area contributed by atoms with Crippen LogP contribution < -0.4 is 5.32 Å². The highest BCUT2D eigenvalue weighted by Gasteiger charge is 2.20. The van der Waals surface area contributed by atoms with Gasteiger partial charge in [-0.05, 0) is 43.5 Å². The Bertz CT molecular complexity index is 541. The number of nitrogens with one attached hydrogen (secondary N) is 1. The average Bonchev–Trinajstić information content (AvgIpc) is 2.48. The molecule has 0 spiro atoms. The van der Waals surface area contributed by atoms with E-state index in [9.17, 15) is 8.42 Å². The molecule has 0 saturated carbocycles. The third kappa shape index (κ3) is 5.61. The Hall–Kier alpha value is -1.17. The van der Waals surface area contributed by atoms with Gasteiger partial charge in [-0.3, -0.25) is 0 Å². The molecule has 0 fully saturated rings. The lowest BCUT2D eigenvalue weighted by molar-refractivity contribution is 0.462. The summed E-state index contributed by atoms with van der Waals surface area (Å²) in [7, 11) is -1.78. The molecule has 0 heterocycles. The molecule has 0 aliphatic rings. The van der Waals surface area contributed by atoms with Crippen LogP contribution in [0.1, 0.15) is 31.7 Å². The van der Waals surface area contributed by atoms with Gasteiger partial charge in [-0.2, -0.15) is 0 Å². The zero-order valence-corrected chi connectivity index (χ0v) is 13.8. The SMILES string of the molecule is C=CCCCN(C)S(=O)(=O)c1cccc(CNCCC)c1. The van der Waals surface area contributed by atoms with Crippen LogP contribution in [-0.4, -0.2) is 32.9 Å². The monoisotopic (exact) mass is 310 g/mol. The first-order chi connectivity index (χ1) is 10.0. The number of allylic oxidation sites excluding steroid dienone is 1. The van der Waals surface area contributed by atoms with Crippen LogP contribution >= 0.6 is 0 Å². The summed E-state index contributed by atoms with van der Waals surface area (Å²) in [5, 5.41) is 3.28. The summed E-state index contributed by atoms with van der Waals surface area (Å²) in [4.78, 5) is 0.361. The molecule has 1 rings (SSSR count). The number of nitrogens with zero attached hydrogens (tertiary/aromatic N) is 1. The van der Waals surface area contributed by atoms with Crippen molar-refractivity contribution < 1.29 is 8.42 Å². The summed E-state index contributed by atoms with van der Waals surface area (Å²) in [5.41, 5.74) is 0.990. The zero-order valence-electron chi connectivity index (χ0n) is 13.0. The van der Waals surface area contributed by atoms with E-state index in [1.54, 1.807) is 31.3 Å². The average molecular weight is 310 g/mol. The Morgan fingerprint density at radius 3 is 2.81 bits per heavy atom. The molecule has 0 amide bonds. The highest BCUT2D eigenvalue weighted by Crippen LogP contribution is 2.16. The fourth-order valence-corrected chi connectivity index (χ4v) is 3.26. The van der Waals surface area contributed by atoms with E-state index in [-0.39, 0.29) is 0 Å². The van der Waals surface area contributed by atoms with Crippen LogP contribution in [-0.2, 0) is 16.6 Å². The van der Waals surface area contributed by atoms with E-state index in [4.69, 9.17) is 0 Å². The molecule has 1 N–H and O–H groups in total. The Balaban J connectivity index is 2.77. The van der Waals surface area contributed by atoms with Crippen molar-refractivity contribution in [3.05, 3.63) is 42.5 Å². The Morgan fingerprint density at radius 1 is 1.38 bits per heavy atom. The Kier molecular flexibility index (Phi) is 7.64. The van der Waals surface area contributed by atoms with Crippen molar-refractivity contribution >= 4 is 10.0 Å².